The molecule has 2 unspecified atom stereocenters. The molecule has 4 N–H and O–H groups in total. The van der Waals surface area contributed by atoms with E-state index in [0.29, 0.717) is 39.3 Å². The first-order valence-corrected chi connectivity index (χ1v) is 15.1. The number of nitrogens with two attached hydrogens (primary N) is 1. The van der Waals surface area contributed by atoms with Gasteiger partial charge in [-0.05, 0) is 60.6 Å². The van der Waals surface area contributed by atoms with Crippen LogP contribution in [0.15, 0.2) is 42.5 Å². The van der Waals surface area contributed by atoms with Gasteiger partial charge in [-0.15, -0.1) is 0 Å². The van der Waals surface area contributed by atoms with Crippen LogP contribution in [0.25, 0.3) is 0 Å². The number of rotatable bonds is 19. The number of benzene rings is 2. The SMILES string of the molecule is CC.CC[C@H](C)C(NC(=O)CCCC(N)COCc1ccc(C)c(OCCCOC)c1)C(=O)NCc1ccc(F)cc1. The number of aryl methyl sites for hydroxylation is 1. The van der Waals surface area contributed by atoms with E-state index < -0.39 is 6.04 Å². The molecule has 3 atom stereocenters. The van der Waals surface area contributed by atoms with Crippen molar-refractivity contribution in [3.63, 3.8) is 0 Å². The van der Waals surface area contributed by atoms with Gasteiger partial charge in [-0.2, -0.15) is 0 Å². The summed E-state index contributed by atoms with van der Waals surface area (Å²) in [5.41, 5.74) is 9.08. The maximum Gasteiger partial charge on any atom is 0.243 e. The van der Waals surface area contributed by atoms with Crippen molar-refractivity contribution in [3.8, 4) is 5.75 Å². The van der Waals surface area contributed by atoms with Gasteiger partial charge in [0.1, 0.15) is 17.6 Å². The number of halogens is 1. The number of amides is 2. The van der Waals surface area contributed by atoms with Crippen LogP contribution >= 0.6 is 0 Å². The van der Waals surface area contributed by atoms with Crippen molar-refractivity contribution in [2.24, 2.45) is 11.7 Å². The summed E-state index contributed by atoms with van der Waals surface area (Å²) in [6.07, 6.45) is 3.05. The van der Waals surface area contributed by atoms with Crippen LogP contribution in [0.2, 0.25) is 0 Å². The predicted molar refractivity (Wildman–Crippen MR) is 166 cm³/mol. The lowest BCUT2D eigenvalue weighted by atomic mass is 9.97. The van der Waals surface area contributed by atoms with E-state index in [1.165, 1.54) is 12.1 Å². The molecule has 0 radical (unpaired) electrons. The number of methoxy groups -OCH3 is 1. The molecule has 0 saturated heterocycles. The molecular formula is C33H52FN3O5. The van der Waals surface area contributed by atoms with Crippen LogP contribution in [-0.4, -0.2) is 50.8 Å². The minimum atomic E-state index is -0.640. The highest BCUT2D eigenvalue weighted by Gasteiger charge is 2.25. The van der Waals surface area contributed by atoms with Crippen LogP contribution < -0.4 is 21.1 Å². The fourth-order valence-electron chi connectivity index (χ4n) is 4.06. The average Bonchev–Trinajstić information content (AvgIpc) is 2.99. The van der Waals surface area contributed by atoms with Crippen molar-refractivity contribution in [1.82, 2.24) is 10.6 Å². The molecule has 0 aliphatic carbocycles. The minimum absolute atomic E-state index is 0.0362. The summed E-state index contributed by atoms with van der Waals surface area (Å²) in [6.45, 7) is 12.2. The molecular weight excluding hydrogens is 537 g/mol. The van der Waals surface area contributed by atoms with Gasteiger partial charge in [0.2, 0.25) is 11.8 Å². The zero-order valence-corrected chi connectivity index (χ0v) is 26.3. The first-order valence-electron chi connectivity index (χ1n) is 15.1. The van der Waals surface area contributed by atoms with Gasteiger partial charge < -0.3 is 30.6 Å². The molecule has 42 heavy (non-hydrogen) atoms. The Morgan fingerprint density at radius 3 is 2.38 bits per heavy atom. The number of carbonyl (C=O) groups is 2. The standard InChI is InChI=1S/C31H46FN3O5.C2H6/c1-5-22(2)30(31(37)34-19-24-12-14-26(32)15-13-24)35-29(36)9-6-8-27(33)21-39-20-25-11-10-23(3)28(18-25)40-17-7-16-38-4;1-2/h10-15,18,22,27,30H,5-9,16-17,19-21,33H2,1-4H3,(H,34,37)(H,35,36);1-2H3/t22-,27?,30?;/m0./s1. The summed E-state index contributed by atoms with van der Waals surface area (Å²) < 4.78 is 29.8. The number of hydrogen-bond acceptors (Lipinski definition) is 6. The Bertz CT molecular complexity index is 1030. The van der Waals surface area contributed by atoms with Crippen molar-refractivity contribution in [2.75, 3.05) is 26.9 Å². The lowest BCUT2D eigenvalue weighted by Gasteiger charge is -2.24. The second-order valence-electron chi connectivity index (χ2n) is 10.2. The van der Waals surface area contributed by atoms with Crippen LogP contribution in [0.5, 0.6) is 5.75 Å². The van der Waals surface area contributed by atoms with Crippen molar-refractivity contribution >= 4 is 11.8 Å². The highest BCUT2D eigenvalue weighted by molar-refractivity contribution is 5.87. The third-order valence-corrected chi connectivity index (χ3v) is 6.77. The number of carbonyl (C=O) groups excluding carboxylic acids is 2. The van der Waals surface area contributed by atoms with Gasteiger partial charge in [-0.3, -0.25) is 9.59 Å². The molecule has 0 saturated carbocycles. The van der Waals surface area contributed by atoms with E-state index in [-0.39, 0.29) is 42.6 Å². The maximum absolute atomic E-state index is 13.1. The molecule has 0 aliphatic heterocycles. The summed E-state index contributed by atoms with van der Waals surface area (Å²) >= 11 is 0. The van der Waals surface area contributed by atoms with E-state index >= 15 is 0 Å². The molecule has 8 nitrogen and oxygen atoms in total. The third kappa shape index (κ3) is 14.8. The number of ether oxygens (including phenoxy) is 3. The molecule has 9 heteroatoms. The van der Waals surface area contributed by atoms with Crippen LogP contribution in [0.3, 0.4) is 0 Å². The maximum atomic E-state index is 13.1. The van der Waals surface area contributed by atoms with Gasteiger partial charge in [0, 0.05) is 39.1 Å². The van der Waals surface area contributed by atoms with Crippen LogP contribution in [-0.2, 0) is 32.2 Å². The molecule has 0 fully saturated rings. The third-order valence-electron chi connectivity index (χ3n) is 6.77. The molecule has 2 amide bonds. The van der Waals surface area contributed by atoms with Gasteiger partial charge >= 0.3 is 0 Å². The Labute approximate surface area is 251 Å². The normalized spacial score (nSPS) is 12.9. The molecule has 2 rings (SSSR count). The monoisotopic (exact) mass is 589 g/mol. The second-order valence-corrected chi connectivity index (χ2v) is 10.2. The molecule has 236 valence electrons. The van der Waals surface area contributed by atoms with Gasteiger partial charge in [0.15, 0.2) is 0 Å². The molecule has 2 aromatic carbocycles. The minimum Gasteiger partial charge on any atom is -0.493 e. The fraction of sp³-hybridized carbons (Fsp3) is 0.576. The van der Waals surface area contributed by atoms with Crippen molar-refractivity contribution in [1.29, 1.82) is 0 Å². The lowest BCUT2D eigenvalue weighted by Crippen LogP contribution is -2.50. The molecule has 0 bridgehead atoms. The lowest BCUT2D eigenvalue weighted by molar-refractivity contribution is -0.130. The number of nitrogens with one attached hydrogen (secondary N) is 2. The van der Waals surface area contributed by atoms with E-state index in [1.54, 1.807) is 19.2 Å². The van der Waals surface area contributed by atoms with Crippen LogP contribution in [0.1, 0.15) is 76.5 Å². The second kappa shape index (κ2) is 21.7. The van der Waals surface area contributed by atoms with E-state index in [4.69, 9.17) is 19.9 Å². The molecule has 0 aromatic heterocycles. The van der Waals surface area contributed by atoms with E-state index in [9.17, 15) is 14.0 Å². The quantitative estimate of drug-likeness (QED) is 0.188. The number of hydrogen-bond donors (Lipinski definition) is 3. The van der Waals surface area contributed by atoms with Crippen molar-refractivity contribution in [3.05, 3.63) is 65.0 Å². The molecule has 0 spiro atoms. The summed E-state index contributed by atoms with van der Waals surface area (Å²) in [5, 5.41) is 5.73. The zero-order chi connectivity index (χ0) is 31.3. The summed E-state index contributed by atoms with van der Waals surface area (Å²) in [7, 11) is 1.67. The van der Waals surface area contributed by atoms with Gasteiger partial charge in [-0.25, -0.2) is 4.39 Å². The Balaban J connectivity index is 0.00000431. The van der Waals surface area contributed by atoms with Crippen molar-refractivity contribution in [2.45, 2.75) is 92.0 Å². The van der Waals surface area contributed by atoms with Gasteiger partial charge in [0.25, 0.3) is 0 Å². The fourth-order valence-corrected chi connectivity index (χ4v) is 4.06. The first-order chi connectivity index (χ1) is 20.2. The summed E-state index contributed by atoms with van der Waals surface area (Å²) in [6, 6.07) is 11.1. The zero-order valence-electron chi connectivity index (χ0n) is 26.3. The van der Waals surface area contributed by atoms with Crippen LogP contribution in [0, 0.1) is 18.7 Å². The Morgan fingerprint density at radius 1 is 1.02 bits per heavy atom. The highest BCUT2D eigenvalue weighted by Crippen LogP contribution is 2.20. The Morgan fingerprint density at radius 2 is 1.71 bits per heavy atom. The molecule has 0 heterocycles. The van der Waals surface area contributed by atoms with Crippen molar-refractivity contribution < 1.29 is 28.2 Å². The largest absolute Gasteiger partial charge is 0.493 e. The molecule has 0 aliphatic rings. The Hall–Kier alpha value is -3.01. The topological polar surface area (TPSA) is 112 Å². The van der Waals surface area contributed by atoms with E-state index in [0.717, 1.165) is 35.3 Å². The molecule has 2 aromatic rings. The van der Waals surface area contributed by atoms with Crippen LogP contribution in [0.4, 0.5) is 4.39 Å². The van der Waals surface area contributed by atoms with E-state index in [2.05, 4.69) is 10.6 Å². The Kier molecular flexibility index (Phi) is 19.1. The average molecular weight is 590 g/mol. The summed E-state index contributed by atoms with van der Waals surface area (Å²) in [4.78, 5) is 25.4. The smallest absolute Gasteiger partial charge is 0.243 e. The van der Waals surface area contributed by atoms with Gasteiger partial charge in [-0.1, -0.05) is 58.4 Å². The van der Waals surface area contributed by atoms with Gasteiger partial charge in [0.05, 0.1) is 19.8 Å². The summed E-state index contributed by atoms with van der Waals surface area (Å²) in [5.74, 6) is 0.0362. The first kappa shape index (κ1) is 37.0. The van der Waals surface area contributed by atoms with E-state index in [1.807, 2.05) is 52.8 Å². The predicted octanol–water partition coefficient (Wildman–Crippen LogP) is 5.44. The highest BCUT2D eigenvalue weighted by atomic mass is 19.1.